The fourth-order valence-corrected chi connectivity index (χ4v) is 3.14. The molecule has 26 heavy (non-hydrogen) atoms. The Morgan fingerprint density at radius 2 is 1.96 bits per heavy atom. The summed E-state index contributed by atoms with van der Waals surface area (Å²) in [5.74, 6) is 0.784. The Morgan fingerprint density at radius 1 is 1.19 bits per heavy atom. The van der Waals surface area contributed by atoms with Crippen LogP contribution in [-0.4, -0.2) is 50.2 Å². The van der Waals surface area contributed by atoms with Crippen LogP contribution >= 0.6 is 0 Å². The summed E-state index contributed by atoms with van der Waals surface area (Å²) >= 11 is 0. The van der Waals surface area contributed by atoms with Crippen LogP contribution < -0.4 is 10.6 Å². The lowest BCUT2D eigenvalue weighted by Gasteiger charge is -2.32. The molecule has 4 rings (SSSR count). The van der Waals surface area contributed by atoms with E-state index in [4.69, 9.17) is 0 Å². The Labute approximate surface area is 151 Å². The Morgan fingerprint density at radius 3 is 2.73 bits per heavy atom. The summed E-state index contributed by atoms with van der Waals surface area (Å²) in [5.41, 5.74) is 2.72. The first-order chi connectivity index (χ1) is 12.7. The number of rotatable bonds is 3. The first-order valence-electron chi connectivity index (χ1n) is 8.72. The van der Waals surface area contributed by atoms with E-state index in [2.05, 4.69) is 30.8 Å². The van der Waals surface area contributed by atoms with Gasteiger partial charge in [-0.2, -0.15) is 5.10 Å². The monoisotopic (exact) mass is 351 g/mol. The number of aromatic nitrogens is 4. The van der Waals surface area contributed by atoms with Gasteiger partial charge < -0.3 is 15.5 Å². The third-order valence-electron chi connectivity index (χ3n) is 4.67. The van der Waals surface area contributed by atoms with Gasteiger partial charge in [-0.05, 0) is 31.9 Å². The van der Waals surface area contributed by atoms with Crippen LogP contribution in [0.15, 0.2) is 36.8 Å². The third-order valence-corrected chi connectivity index (χ3v) is 4.67. The molecule has 8 heteroatoms. The highest BCUT2D eigenvalue weighted by Crippen LogP contribution is 2.21. The molecule has 3 aromatic rings. The zero-order chi connectivity index (χ0) is 17.9. The highest BCUT2D eigenvalue weighted by molar-refractivity contribution is 5.89. The molecule has 0 unspecified atom stereocenters. The van der Waals surface area contributed by atoms with Crippen molar-refractivity contribution in [3.05, 3.63) is 42.4 Å². The second-order valence-electron chi connectivity index (χ2n) is 6.56. The maximum absolute atomic E-state index is 12.4. The number of carbonyl (C=O) groups is 1. The number of aryl methyl sites for hydroxylation is 1. The van der Waals surface area contributed by atoms with Crippen molar-refractivity contribution < 1.29 is 4.79 Å². The number of nitrogens with zero attached hydrogens (tertiary/aromatic N) is 4. The number of fused-ring (bicyclic) bond motifs is 1. The van der Waals surface area contributed by atoms with Gasteiger partial charge in [0.25, 0.3) is 0 Å². The van der Waals surface area contributed by atoms with Gasteiger partial charge in [-0.15, -0.1) is 0 Å². The number of carbonyl (C=O) groups excluding carboxylic acids is 1. The third kappa shape index (κ3) is 3.44. The molecule has 0 saturated carbocycles. The maximum atomic E-state index is 12.4. The van der Waals surface area contributed by atoms with E-state index in [0.29, 0.717) is 13.1 Å². The molecule has 0 atom stereocenters. The molecule has 1 saturated heterocycles. The Hall–Kier alpha value is -3.16. The number of hydrogen-bond donors (Lipinski definition) is 3. The lowest BCUT2D eigenvalue weighted by atomic mass is 10.1. The van der Waals surface area contributed by atoms with E-state index in [1.165, 1.54) is 11.9 Å². The van der Waals surface area contributed by atoms with E-state index in [1.54, 1.807) is 6.20 Å². The van der Waals surface area contributed by atoms with Crippen LogP contribution in [-0.2, 0) is 0 Å². The molecule has 0 bridgehead atoms. The predicted molar refractivity (Wildman–Crippen MR) is 100 cm³/mol. The summed E-state index contributed by atoms with van der Waals surface area (Å²) in [6.45, 7) is 3.43. The molecule has 2 amide bonds. The number of urea groups is 1. The molecule has 3 heterocycles. The number of nitrogens with one attached hydrogen (secondary N) is 3. The minimum Gasteiger partial charge on any atom is -0.366 e. The molecular formula is C18H21N7O. The van der Waals surface area contributed by atoms with Gasteiger partial charge in [0.15, 0.2) is 5.65 Å². The average Bonchev–Trinajstić information content (AvgIpc) is 3.14. The van der Waals surface area contributed by atoms with Crippen LogP contribution in [0, 0.1) is 6.92 Å². The van der Waals surface area contributed by atoms with E-state index >= 15 is 0 Å². The van der Waals surface area contributed by atoms with E-state index < -0.39 is 0 Å². The van der Waals surface area contributed by atoms with Crippen LogP contribution in [0.3, 0.4) is 0 Å². The zero-order valence-electron chi connectivity index (χ0n) is 14.6. The molecule has 134 valence electrons. The summed E-state index contributed by atoms with van der Waals surface area (Å²) in [4.78, 5) is 22.7. The van der Waals surface area contributed by atoms with Crippen LogP contribution in [0.4, 0.5) is 16.3 Å². The second kappa shape index (κ2) is 6.99. The Bertz CT molecular complexity index is 897. The average molecular weight is 351 g/mol. The summed E-state index contributed by atoms with van der Waals surface area (Å²) < 4.78 is 0. The van der Waals surface area contributed by atoms with Crippen molar-refractivity contribution >= 4 is 28.6 Å². The number of hydrogen-bond acceptors (Lipinski definition) is 5. The topological polar surface area (TPSA) is 98.8 Å². The van der Waals surface area contributed by atoms with Gasteiger partial charge >= 0.3 is 6.03 Å². The van der Waals surface area contributed by atoms with E-state index in [1.807, 2.05) is 36.1 Å². The van der Waals surface area contributed by atoms with Crippen LogP contribution in [0.25, 0.3) is 11.0 Å². The number of anilines is 2. The smallest absolute Gasteiger partial charge is 0.321 e. The zero-order valence-corrected chi connectivity index (χ0v) is 14.6. The minimum absolute atomic E-state index is 0.0495. The highest BCUT2D eigenvalue weighted by atomic mass is 16.2. The van der Waals surface area contributed by atoms with Gasteiger partial charge in [-0.25, -0.2) is 14.8 Å². The summed E-state index contributed by atoms with van der Waals surface area (Å²) in [5, 5.41) is 14.1. The van der Waals surface area contributed by atoms with E-state index in [9.17, 15) is 4.79 Å². The van der Waals surface area contributed by atoms with Gasteiger partial charge in [0.2, 0.25) is 0 Å². The molecule has 1 aromatic carbocycles. The SMILES string of the molecule is Cc1ccc(NC(=O)N2CCC(Nc3ncnc4[nH]ncc34)CC2)cc1. The molecule has 1 aliphatic rings. The summed E-state index contributed by atoms with van der Waals surface area (Å²) in [6, 6.07) is 8.05. The number of likely N-dealkylation sites (tertiary alicyclic amines) is 1. The fraction of sp³-hybridized carbons (Fsp3) is 0.333. The molecule has 0 aliphatic carbocycles. The number of piperidine rings is 1. The lowest BCUT2D eigenvalue weighted by Crippen LogP contribution is -2.44. The van der Waals surface area contributed by atoms with Crippen LogP contribution in [0.5, 0.6) is 0 Å². The normalized spacial score (nSPS) is 15.2. The Kier molecular flexibility index (Phi) is 4.39. The number of H-pyrrole nitrogens is 1. The van der Waals surface area contributed by atoms with Crippen molar-refractivity contribution in [3.63, 3.8) is 0 Å². The van der Waals surface area contributed by atoms with Crippen LogP contribution in [0.2, 0.25) is 0 Å². The van der Waals surface area contributed by atoms with Gasteiger partial charge in [0.1, 0.15) is 12.1 Å². The molecule has 0 spiro atoms. The highest BCUT2D eigenvalue weighted by Gasteiger charge is 2.23. The quantitative estimate of drug-likeness (QED) is 0.674. The summed E-state index contributed by atoms with van der Waals surface area (Å²) in [6.07, 6.45) is 4.98. The molecule has 8 nitrogen and oxygen atoms in total. The molecule has 1 fully saturated rings. The lowest BCUT2D eigenvalue weighted by molar-refractivity contribution is 0.197. The molecule has 1 aliphatic heterocycles. The van der Waals surface area contributed by atoms with Gasteiger partial charge in [-0.3, -0.25) is 5.10 Å². The van der Waals surface area contributed by atoms with Gasteiger partial charge in [0, 0.05) is 24.8 Å². The molecule has 3 N–H and O–H groups in total. The second-order valence-corrected chi connectivity index (χ2v) is 6.56. The largest absolute Gasteiger partial charge is 0.366 e. The number of amides is 2. The first kappa shape index (κ1) is 16.3. The van der Waals surface area contributed by atoms with Crippen molar-refractivity contribution in [2.24, 2.45) is 0 Å². The standard InChI is InChI=1S/C18H21N7O/c1-12-2-4-13(5-3-12)23-18(26)25-8-6-14(7-9-25)22-16-15-10-21-24-17(15)20-11-19-16/h2-5,10-11,14H,6-9H2,1H3,(H,23,26)(H2,19,20,21,22,24). The fourth-order valence-electron chi connectivity index (χ4n) is 3.14. The summed E-state index contributed by atoms with van der Waals surface area (Å²) in [7, 11) is 0. The van der Waals surface area contributed by atoms with Crippen molar-refractivity contribution in [1.29, 1.82) is 0 Å². The van der Waals surface area contributed by atoms with Crippen molar-refractivity contribution in [1.82, 2.24) is 25.1 Å². The van der Waals surface area contributed by atoms with Gasteiger partial charge in [-0.1, -0.05) is 17.7 Å². The molecular weight excluding hydrogens is 330 g/mol. The minimum atomic E-state index is -0.0495. The van der Waals surface area contributed by atoms with Crippen molar-refractivity contribution in [3.8, 4) is 0 Å². The first-order valence-corrected chi connectivity index (χ1v) is 8.72. The van der Waals surface area contributed by atoms with E-state index in [0.717, 1.165) is 35.4 Å². The number of benzene rings is 1. The van der Waals surface area contributed by atoms with Crippen molar-refractivity contribution in [2.75, 3.05) is 23.7 Å². The van der Waals surface area contributed by atoms with E-state index in [-0.39, 0.29) is 12.1 Å². The maximum Gasteiger partial charge on any atom is 0.321 e. The van der Waals surface area contributed by atoms with Gasteiger partial charge in [0.05, 0.1) is 11.6 Å². The van der Waals surface area contributed by atoms with Crippen molar-refractivity contribution in [2.45, 2.75) is 25.8 Å². The number of aromatic amines is 1. The Balaban J connectivity index is 1.33. The molecule has 2 aromatic heterocycles. The predicted octanol–water partition coefficient (Wildman–Crippen LogP) is 2.77. The van der Waals surface area contributed by atoms with Crippen LogP contribution in [0.1, 0.15) is 18.4 Å². The molecule has 0 radical (unpaired) electrons.